The van der Waals surface area contributed by atoms with Crippen LogP contribution in [0.15, 0.2) is 11.0 Å². The Morgan fingerprint density at radius 3 is 3.17 bits per heavy atom. The van der Waals surface area contributed by atoms with Crippen LogP contribution in [0.2, 0.25) is 5.02 Å². The van der Waals surface area contributed by atoms with Crippen molar-refractivity contribution < 1.29 is 4.74 Å². The van der Waals surface area contributed by atoms with Crippen molar-refractivity contribution in [1.29, 1.82) is 0 Å². The molecule has 1 saturated heterocycles. The maximum absolute atomic E-state index is 12.1. The Morgan fingerprint density at radius 2 is 2.56 bits per heavy atom. The number of ether oxygens (including phenoxy) is 1. The lowest BCUT2D eigenvalue weighted by Gasteiger charge is -2.25. The molecular formula is C12H14ClN3O2. The molecule has 2 heterocycles. The minimum Gasteiger partial charge on any atom is -0.379 e. The molecule has 18 heavy (non-hydrogen) atoms. The fourth-order valence-corrected chi connectivity index (χ4v) is 2.02. The van der Waals surface area contributed by atoms with Crippen LogP contribution >= 0.6 is 11.6 Å². The molecule has 1 atom stereocenters. The van der Waals surface area contributed by atoms with E-state index in [9.17, 15) is 4.79 Å². The van der Waals surface area contributed by atoms with Gasteiger partial charge in [0.2, 0.25) is 0 Å². The van der Waals surface area contributed by atoms with Crippen LogP contribution in [0.5, 0.6) is 0 Å². The van der Waals surface area contributed by atoms with Gasteiger partial charge < -0.3 is 10.1 Å². The molecule has 1 aromatic heterocycles. The molecule has 2 rings (SSSR count). The molecule has 1 N–H and O–H groups in total. The number of terminal acetylenes is 1. The summed E-state index contributed by atoms with van der Waals surface area (Å²) in [6, 6.07) is 0. The molecule has 1 fully saturated rings. The van der Waals surface area contributed by atoms with E-state index in [1.54, 1.807) is 0 Å². The van der Waals surface area contributed by atoms with E-state index in [4.69, 9.17) is 22.8 Å². The predicted molar refractivity (Wildman–Crippen MR) is 69.8 cm³/mol. The summed E-state index contributed by atoms with van der Waals surface area (Å²) < 4.78 is 6.53. The van der Waals surface area contributed by atoms with Gasteiger partial charge in [0.15, 0.2) is 0 Å². The van der Waals surface area contributed by atoms with Crippen molar-refractivity contribution in [2.45, 2.75) is 25.4 Å². The van der Waals surface area contributed by atoms with Gasteiger partial charge in [0.1, 0.15) is 12.2 Å². The van der Waals surface area contributed by atoms with Gasteiger partial charge in [0, 0.05) is 6.61 Å². The summed E-state index contributed by atoms with van der Waals surface area (Å²) in [4.78, 5) is 12.1. The molecule has 0 aromatic carbocycles. The normalized spacial score (nSPS) is 22.7. The largest absolute Gasteiger partial charge is 0.379 e. The van der Waals surface area contributed by atoms with Crippen LogP contribution in [0, 0.1) is 12.3 Å². The SMILES string of the molecule is C#CCn1ncc(Cl)c(NC2(C)CCOC2)c1=O. The second-order valence-electron chi connectivity index (χ2n) is 4.52. The van der Waals surface area contributed by atoms with Gasteiger partial charge >= 0.3 is 0 Å². The first kappa shape index (κ1) is 12.9. The molecule has 0 radical (unpaired) electrons. The first-order valence-electron chi connectivity index (χ1n) is 5.61. The third-order valence-corrected chi connectivity index (χ3v) is 3.17. The highest BCUT2D eigenvalue weighted by atomic mass is 35.5. The average Bonchev–Trinajstić information content (AvgIpc) is 2.76. The Bertz CT molecular complexity index is 541. The van der Waals surface area contributed by atoms with E-state index in [-0.39, 0.29) is 17.6 Å². The third-order valence-electron chi connectivity index (χ3n) is 2.88. The molecule has 96 valence electrons. The molecule has 0 amide bonds. The van der Waals surface area contributed by atoms with Crippen LogP contribution in [-0.2, 0) is 11.3 Å². The first-order valence-corrected chi connectivity index (χ1v) is 5.98. The molecule has 1 aliphatic rings. The second-order valence-corrected chi connectivity index (χ2v) is 4.93. The lowest BCUT2D eigenvalue weighted by atomic mass is 10.0. The standard InChI is InChI=1S/C12H14ClN3O2/c1-3-5-16-11(17)10(9(13)7-14-16)15-12(2)4-6-18-8-12/h1,7,15H,4-6,8H2,2H3. The number of halogens is 1. The minimum atomic E-state index is -0.312. The van der Waals surface area contributed by atoms with Crippen LogP contribution < -0.4 is 10.9 Å². The minimum absolute atomic E-state index is 0.123. The molecule has 0 bridgehead atoms. The van der Waals surface area contributed by atoms with Crippen molar-refractivity contribution in [3.63, 3.8) is 0 Å². The highest BCUT2D eigenvalue weighted by molar-refractivity contribution is 6.33. The number of hydrogen-bond donors (Lipinski definition) is 1. The molecule has 6 heteroatoms. The zero-order valence-corrected chi connectivity index (χ0v) is 10.8. The number of aromatic nitrogens is 2. The van der Waals surface area contributed by atoms with Crippen molar-refractivity contribution in [3.8, 4) is 12.3 Å². The third kappa shape index (κ3) is 2.50. The number of nitrogens with one attached hydrogen (secondary N) is 1. The van der Waals surface area contributed by atoms with Crippen molar-refractivity contribution in [1.82, 2.24) is 9.78 Å². The second kappa shape index (κ2) is 5.01. The van der Waals surface area contributed by atoms with Crippen molar-refractivity contribution in [2.24, 2.45) is 0 Å². The number of hydrogen-bond acceptors (Lipinski definition) is 4. The Kier molecular flexibility index (Phi) is 3.60. The van der Waals surface area contributed by atoms with Crippen molar-refractivity contribution in [3.05, 3.63) is 21.6 Å². The maximum Gasteiger partial charge on any atom is 0.292 e. The summed E-state index contributed by atoms with van der Waals surface area (Å²) >= 11 is 6.01. The summed E-state index contributed by atoms with van der Waals surface area (Å²) in [6.45, 7) is 3.32. The zero-order valence-electron chi connectivity index (χ0n) is 10.1. The Hall–Kier alpha value is -1.51. The number of anilines is 1. The van der Waals surface area contributed by atoms with Gasteiger partial charge in [-0.05, 0) is 13.3 Å². The van der Waals surface area contributed by atoms with E-state index >= 15 is 0 Å². The lowest BCUT2D eigenvalue weighted by Crippen LogP contribution is -2.39. The van der Waals surface area contributed by atoms with E-state index in [1.165, 1.54) is 10.9 Å². The van der Waals surface area contributed by atoms with Crippen molar-refractivity contribution in [2.75, 3.05) is 18.5 Å². The van der Waals surface area contributed by atoms with Gasteiger partial charge in [-0.3, -0.25) is 4.79 Å². The molecule has 5 nitrogen and oxygen atoms in total. The van der Waals surface area contributed by atoms with Gasteiger partial charge in [-0.25, -0.2) is 4.68 Å². The van der Waals surface area contributed by atoms with Gasteiger partial charge in [0.05, 0.1) is 23.4 Å². The van der Waals surface area contributed by atoms with E-state index in [0.717, 1.165) is 6.42 Å². The topological polar surface area (TPSA) is 56.1 Å². The lowest BCUT2D eigenvalue weighted by molar-refractivity contribution is 0.185. The molecule has 0 saturated carbocycles. The zero-order chi connectivity index (χ0) is 13.2. The number of nitrogens with zero attached hydrogens (tertiary/aromatic N) is 2. The molecule has 0 aliphatic carbocycles. The number of rotatable bonds is 3. The van der Waals surface area contributed by atoms with E-state index < -0.39 is 0 Å². The fraction of sp³-hybridized carbons (Fsp3) is 0.500. The van der Waals surface area contributed by atoms with Gasteiger partial charge in [-0.1, -0.05) is 17.5 Å². The highest BCUT2D eigenvalue weighted by Gasteiger charge is 2.31. The molecule has 1 unspecified atom stereocenters. The van der Waals surface area contributed by atoms with Crippen LogP contribution in [0.3, 0.4) is 0 Å². The van der Waals surface area contributed by atoms with E-state index in [2.05, 4.69) is 16.3 Å². The monoisotopic (exact) mass is 267 g/mol. The van der Waals surface area contributed by atoms with Gasteiger partial charge in [0.25, 0.3) is 5.56 Å². The molecule has 1 aliphatic heterocycles. The maximum atomic E-state index is 12.1. The van der Waals surface area contributed by atoms with Crippen molar-refractivity contribution >= 4 is 17.3 Å². The molecular weight excluding hydrogens is 254 g/mol. The Balaban J connectivity index is 2.35. The van der Waals surface area contributed by atoms with Gasteiger partial charge in [-0.2, -0.15) is 5.10 Å². The van der Waals surface area contributed by atoms with Crippen LogP contribution in [0.4, 0.5) is 5.69 Å². The summed E-state index contributed by atoms with van der Waals surface area (Å²) in [5.74, 6) is 2.38. The molecule has 1 aromatic rings. The molecule has 0 spiro atoms. The summed E-state index contributed by atoms with van der Waals surface area (Å²) in [5.41, 5.74) is -0.263. The first-order chi connectivity index (χ1) is 8.56. The fourth-order valence-electron chi connectivity index (χ4n) is 1.85. The smallest absolute Gasteiger partial charge is 0.292 e. The average molecular weight is 268 g/mol. The summed E-state index contributed by atoms with van der Waals surface area (Å²) in [5, 5.41) is 7.33. The highest BCUT2D eigenvalue weighted by Crippen LogP contribution is 2.25. The quantitative estimate of drug-likeness (QED) is 0.834. The van der Waals surface area contributed by atoms with Crippen LogP contribution in [0.25, 0.3) is 0 Å². The van der Waals surface area contributed by atoms with Gasteiger partial charge in [-0.15, -0.1) is 6.42 Å². The Labute approximate surface area is 110 Å². The van der Waals surface area contributed by atoms with E-state index in [1.807, 2.05) is 6.92 Å². The van der Waals surface area contributed by atoms with Crippen LogP contribution in [0.1, 0.15) is 13.3 Å². The predicted octanol–water partition coefficient (Wildman–Crippen LogP) is 1.12. The van der Waals surface area contributed by atoms with Crippen LogP contribution in [-0.4, -0.2) is 28.5 Å². The summed E-state index contributed by atoms with van der Waals surface area (Å²) in [7, 11) is 0. The summed E-state index contributed by atoms with van der Waals surface area (Å²) in [6.07, 6.45) is 7.42. The van der Waals surface area contributed by atoms with E-state index in [0.29, 0.717) is 23.9 Å². The Morgan fingerprint density at radius 1 is 1.78 bits per heavy atom.